The van der Waals surface area contributed by atoms with Gasteiger partial charge in [-0.05, 0) is 18.6 Å². The summed E-state index contributed by atoms with van der Waals surface area (Å²) in [5.41, 5.74) is 0.168. The Morgan fingerprint density at radius 1 is 1.59 bits per heavy atom. The van der Waals surface area contributed by atoms with Crippen LogP contribution in [0.1, 0.15) is 23.2 Å². The maximum atomic E-state index is 11.7. The van der Waals surface area contributed by atoms with Crippen molar-refractivity contribution in [3.8, 4) is 17.6 Å². The molecule has 0 saturated heterocycles. The van der Waals surface area contributed by atoms with Gasteiger partial charge in [-0.25, -0.2) is 0 Å². The number of nitrogens with one attached hydrogen (secondary N) is 1. The van der Waals surface area contributed by atoms with Gasteiger partial charge in [-0.2, -0.15) is 5.26 Å². The third-order valence-corrected chi connectivity index (χ3v) is 2.21. The first kappa shape index (κ1) is 12.8. The molecule has 0 aliphatic heterocycles. The van der Waals surface area contributed by atoms with E-state index in [0.717, 1.165) is 0 Å². The molecule has 0 aliphatic carbocycles. The SMILES string of the molecule is COc1cccc(C(=O)NCCCC#N)c1O. The number of carbonyl (C=O) groups is 1. The molecule has 0 atom stereocenters. The van der Waals surface area contributed by atoms with Crippen LogP contribution in [0.5, 0.6) is 11.5 Å². The van der Waals surface area contributed by atoms with E-state index >= 15 is 0 Å². The largest absolute Gasteiger partial charge is 0.504 e. The highest BCUT2D eigenvalue weighted by Crippen LogP contribution is 2.28. The summed E-state index contributed by atoms with van der Waals surface area (Å²) in [6.07, 6.45) is 0.983. The van der Waals surface area contributed by atoms with Crippen LogP contribution in [-0.2, 0) is 0 Å². The molecule has 0 bridgehead atoms. The van der Waals surface area contributed by atoms with Gasteiger partial charge in [0, 0.05) is 13.0 Å². The number of amides is 1. The monoisotopic (exact) mass is 234 g/mol. The first-order valence-electron chi connectivity index (χ1n) is 5.21. The fraction of sp³-hybridized carbons (Fsp3) is 0.333. The zero-order valence-electron chi connectivity index (χ0n) is 9.56. The maximum absolute atomic E-state index is 11.7. The number of nitriles is 1. The van der Waals surface area contributed by atoms with Gasteiger partial charge >= 0.3 is 0 Å². The maximum Gasteiger partial charge on any atom is 0.255 e. The van der Waals surface area contributed by atoms with E-state index in [-0.39, 0.29) is 23.0 Å². The first-order valence-corrected chi connectivity index (χ1v) is 5.21. The minimum Gasteiger partial charge on any atom is -0.504 e. The lowest BCUT2D eigenvalue weighted by molar-refractivity contribution is 0.0950. The molecule has 0 heterocycles. The third kappa shape index (κ3) is 3.38. The Morgan fingerprint density at radius 2 is 2.35 bits per heavy atom. The number of unbranched alkanes of at least 4 members (excludes halogenated alkanes) is 1. The fourth-order valence-electron chi connectivity index (χ4n) is 1.33. The number of para-hydroxylation sites is 1. The second kappa shape index (κ2) is 6.38. The minimum absolute atomic E-state index is 0.168. The fourth-order valence-corrected chi connectivity index (χ4v) is 1.33. The van der Waals surface area contributed by atoms with Crippen molar-refractivity contribution in [1.82, 2.24) is 5.32 Å². The molecular weight excluding hydrogens is 220 g/mol. The molecule has 17 heavy (non-hydrogen) atoms. The highest BCUT2D eigenvalue weighted by molar-refractivity contribution is 5.97. The molecule has 1 rings (SSSR count). The average molecular weight is 234 g/mol. The normalized spacial score (nSPS) is 9.41. The summed E-state index contributed by atoms with van der Waals surface area (Å²) in [5, 5.41) is 20.7. The van der Waals surface area contributed by atoms with Crippen LogP contribution in [0.15, 0.2) is 18.2 Å². The number of benzene rings is 1. The molecule has 0 aromatic heterocycles. The van der Waals surface area contributed by atoms with Gasteiger partial charge in [0.15, 0.2) is 11.5 Å². The number of phenolic OH excluding ortho intramolecular Hbond substituents is 1. The number of hydrogen-bond donors (Lipinski definition) is 2. The number of ether oxygens (including phenoxy) is 1. The van der Waals surface area contributed by atoms with Crippen LogP contribution in [0.25, 0.3) is 0 Å². The zero-order valence-corrected chi connectivity index (χ0v) is 9.56. The van der Waals surface area contributed by atoms with E-state index in [1.165, 1.54) is 13.2 Å². The van der Waals surface area contributed by atoms with Crippen LogP contribution in [0.3, 0.4) is 0 Å². The molecule has 0 spiro atoms. The van der Waals surface area contributed by atoms with Crippen molar-refractivity contribution in [3.05, 3.63) is 23.8 Å². The third-order valence-electron chi connectivity index (χ3n) is 2.21. The van der Waals surface area contributed by atoms with Crippen molar-refractivity contribution in [2.75, 3.05) is 13.7 Å². The lowest BCUT2D eigenvalue weighted by Crippen LogP contribution is -2.24. The van der Waals surface area contributed by atoms with E-state index in [1.54, 1.807) is 12.1 Å². The van der Waals surface area contributed by atoms with Crippen molar-refractivity contribution in [1.29, 1.82) is 5.26 Å². The van der Waals surface area contributed by atoms with E-state index in [1.807, 2.05) is 6.07 Å². The van der Waals surface area contributed by atoms with Crippen molar-refractivity contribution < 1.29 is 14.6 Å². The number of nitrogens with zero attached hydrogens (tertiary/aromatic N) is 1. The van der Waals surface area contributed by atoms with Crippen LogP contribution < -0.4 is 10.1 Å². The quantitative estimate of drug-likeness (QED) is 0.755. The molecule has 5 nitrogen and oxygen atoms in total. The van der Waals surface area contributed by atoms with Gasteiger partial charge in [0.05, 0.1) is 18.7 Å². The van der Waals surface area contributed by atoms with Gasteiger partial charge in [0.1, 0.15) is 0 Å². The second-order valence-corrected chi connectivity index (χ2v) is 3.37. The highest BCUT2D eigenvalue weighted by atomic mass is 16.5. The van der Waals surface area contributed by atoms with Crippen molar-refractivity contribution in [2.45, 2.75) is 12.8 Å². The summed E-state index contributed by atoms with van der Waals surface area (Å²) in [6.45, 7) is 0.406. The number of hydrogen-bond acceptors (Lipinski definition) is 4. The molecule has 0 saturated carbocycles. The number of methoxy groups -OCH3 is 1. The Labute approximate surface area is 99.6 Å². The smallest absolute Gasteiger partial charge is 0.255 e. The Kier molecular flexibility index (Phi) is 4.82. The summed E-state index contributed by atoms with van der Waals surface area (Å²) in [7, 11) is 1.42. The van der Waals surface area contributed by atoms with Gasteiger partial charge in [-0.3, -0.25) is 4.79 Å². The average Bonchev–Trinajstić information content (AvgIpc) is 2.34. The molecule has 0 unspecified atom stereocenters. The molecule has 2 N–H and O–H groups in total. The second-order valence-electron chi connectivity index (χ2n) is 3.37. The highest BCUT2D eigenvalue weighted by Gasteiger charge is 2.13. The molecule has 0 fully saturated rings. The molecule has 0 radical (unpaired) electrons. The van der Waals surface area contributed by atoms with E-state index in [9.17, 15) is 9.90 Å². The molecule has 0 aliphatic rings. The minimum atomic E-state index is -0.376. The van der Waals surface area contributed by atoms with E-state index in [2.05, 4.69) is 5.32 Å². The topological polar surface area (TPSA) is 82.3 Å². The standard InChI is InChI=1S/C12H14N2O3/c1-17-10-6-4-5-9(11(10)15)12(16)14-8-3-2-7-13/h4-6,15H,2-3,8H2,1H3,(H,14,16). The summed E-state index contributed by atoms with van der Waals surface area (Å²) in [6, 6.07) is 6.70. The van der Waals surface area contributed by atoms with Gasteiger partial charge in [-0.15, -0.1) is 0 Å². The Morgan fingerprint density at radius 3 is 3.00 bits per heavy atom. The van der Waals surface area contributed by atoms with Crippen LogP contribution >= 0.6 is 0 Å². The predicted molar refractivity (Wildman–Crippen MR) is 61.8 cm³/mol. The lowest BCUT2D eigenvalue weighted by atomic mass is 10.1. The summed E-state index contributed by atoms with van der Waals surface area (Å²) in [4.78, 5) is 11.7. The lowest BCUT2D eigenvalue weighted by Gasteiger charge is -2.08. The van der Waals surface area contributed by atoms with Gasteiger partial charge in [-0.1, -0.05) is 6.07 Å². The van der Waals surface area contributed by atoms with E-state index < -0.39 is 0 Å². The van der Waals surface area contributed by atoms with Gasteiger partial charge in [0.2, 0.25) is 0 Å². The van der Waals surface area contributed by atoms with Crippen molar-refractivity contribution >= 4 is 5.91 Å². The zero-order chi connectivity index (χ0) is 12.7. The summed E-state index contributed by atoms with van der Waals surface area (Å²) < 4.78 is 4.91. The van der Waals surface area contributed by atoms with Crippen molar-refractivity contribution in [3.63, 3.8) is 0 Å². The van der Waals surface area contributed by atoms with E-state index in [0.29, 0.717) is 19.4 Å². The van der Waals surface area contributed by atoms with E-state index in [4.69, 9.17) is 10.00 Å². The first-order chi connectivity index (χ1) is 8.20. The summed E-state index contributed by atoms with van der Waals surface area (Å²) >= 11 is 0. The number of phenols is 1. The molecule has 1 aromatic carbocycles. The van der Waals surface area contributed by atoms with Gasteiger partial charge in [0.25, 0.3) is 5.91 Å². The van der Waals surface area contributed by atoms with Crippen LogP contribution in [-0.4, -0.2) is 24.7 Å². The predicted octanol–water partition coefficient (Wildman–Crippen LogP) is 1.43. The van der Waals surface area contributed by atoms with Crippen LogP contribution in [0.4, 0.5) is 0 Å². The van der Waals surface area contributed by atoms with Crippen LogP contribution in [0, 0.1) is 11.3 Å². The molecular formula is C12H14N2O3. The molecule has 1 amide bonds. The Bertz CT molecular complexity index is 438. The summed E-state index contributed by atoms with van der Waals surface area (Å²) in [5.74, 6) is -0.290. The number of carbonyl (C=O) groups excluding carboxylic acids is 1. The number of aromatic hydroxyl groups is 1. The molecule has 5 heteroatoms. The van der Waals surface area contributed by atoms with Crippen molar-refractivity contribution in [2.24, 2.45) is 0 Å². The Balaban J connectivity index is 2.66. The van der Waals surface area contributed by atoms with Gasteiger partial charge < -0.3 is 15.2 Å². The molecule has 1 aromatic rings. The van der Waals surface area contributed by atoms with Crippen LogP contribution in [0.2, 0.25) is 0 Å². The number of rotatable bonds is 5. The molecule has 90 valence electrons. The Hall–Kier alpha value is -2.22.